The van der Waals surface area contributed by atoms with Gasteiger partial charge in [-0.15, -0.1) is 0 Å². The van der Waals surface area contributed by atoms with E-state index in [2.05, 4.69) is 15.3 Å². The number of benzene rings is 1. The predicted molar refractivity (Wildman–Crippen MR) is 108 cm³/mol. The summed E-state index contributed by atoms with van der Waals surface area (Å²) in [6, 6.07) is 7.10. The molecule has 0 aromatic heterocycles. The van der Waals surface area contributed by atoms with E-state index in [4.69, 9.17) is 4.74 Å². The largest absolute Gasteiger partial charge is 0.383 e. The van der Waals surface area contributed by atoms with Crippen LogP contribution in [-0.2, 0) is 16.1 Å². The van der Waals surface area contributed by atoms with Gasteiger partial charge < -0.3 is 9.64 Å². The Bertz CT molecular complexity index is 843. The number of urea groups is 1. The van der Waals surface area contributed by atoms with Crippen molar-refractivity contribution in [3.63, 3.8) is 0 Å². The number of rotatable bonds is 5. The van der Waals surface area contributed by atoms with Crippen LogP contribution < -0.4 is 5.32 Å². The third-order valence-electron chi connectivity index (χ3n) is 5.87. The van der Waals surface area contributed by atoms with Crippen LogP contribution in [0, 0.1) is 6.92 Å². The van der Waals surface area contributed by atoms with Crippen LogP contribution in [0.15, 0.2) is 29.4 Å². The van der Waals surface area contributed by atoms with Crippen molar-refractivity contribution < 1.29 is 14.3 Å². The highest BCUT2D eigenvalue weighted by atomic mass is 16.5. The van der Waals surface area contributed by atoms with Gasteiger partial charge in [0.25, 0.3) is 5.91 Å². The van der Waals surface area contributed by atoms with E-state index in [0.717, 1.165) is 16.8 Å². The average molecular weight is 400 g/mol. The maximum Gasteiger partial charge on any atom is 0.328 e. The van der Waals surface area contributed by atoms with E-state index in [1.54, 1.807) is 19.1 Å². The zero-order valence-corrected chi connectivity index (χ0v) is 17.3. The molecule has 4 rings (SSSR count). The molecule has 1 N–H and O–H groups in total. The Kier molecular flexibility index (Phi) is 5.28. The second kappa shape index (κ2) is 7.74. The van der Waals surface area contributed by atoms with Gasteiger partial charge in [0.15, 0.2) is 6.29 Å². The lowest BCUT2D eigenvalue weighted by molar-refractivity contribution is -0.139. The van der Waals surface area contributed by atoms with Gasteiger partial charge in [0.05, 0.1) is 19.7 Å². The van der Waals surface area contributed by atoms with Crippen LogP contribution in [0.2, 0.25) is 0 Å². The Hall–Kier alpha value is -2.49. The summed E-state index contributed by atoms with van der Waals surface area (Å²) in [6.07, 6.45) is -0.638. The lowest BCUT2D eigenvalue weighted by atomic mass is 10.1. The number of aryl methyl sites for hydroxylation is 1. The number of hydrazone groups is 1. The summed E-state index contributed by atoms with van der Waals surface area (Å²) >= 11 is 0. The Labute approximate surface area is 170 Å². The molecule has 3 aliphatic rings. The van der Waals surface area contributed by atoms with Crippen LogP contribution in [-0.4, -0.2) is 89.7 Å². The topological polar surface area (TPSA) is 80.7 Å². The van der Waals surface area contributed by atoms with Crippen LogP contribution in [0.3, 0.4) is 0 Å². The number of hydrogen-bond donors (Lipinski definition) is 1. The van der Waals surface area contributed by atoms with Gasteiger partial charge in [-0.1, -0.05) is 24.3 Å². The van der Waals surface area contributed by atoms with Crippen molar-refractivity contribution in [1.29, 1.82) is 0 Å². The maximum absolute atomic E-state index is 13.5. The quantitative estimate of drug-likeness (QED) is 0.780. The molecule has 1 aromatic carbocycles. The Balaban J connectivity index is 1.62. The lowest BCUT2D eigenvalue weighted by Crippen LogP contribution is -2.66. The van der Waals surface area contributed by atoms with Crippen LogP contribution in [0.4, 0.5) is 4.79 Å². The van der Waals surface area contributed by atoms with Crippen molar-refractivity contribution in [3.05, 3.63) is 35.4 Å². The van der Waals surface area contributed by atoms with Gasteiger partial charge in [0, 0.05) is 26.4 Å². The molecule has 2 fully saturated rings. The first kappa shape index (κ1) is 19.8. The molecule has 1 aromatic rings. The van der Waals surface area contributed by atoms with E-state index in [9.17, 15) is 9.59 Å². The smallest absolute Gasteiger partial charge is 0.328 e. The first-order valence-electron chi connectivity index (χ1n) is 9.86. The molecule has 0 radical (unpaired) electrons. The number of hydrogen-bond acceptors (Lipinski definition) is 7. The number of imide groups is 1. The van der Waals surface area contributed by atoms with Crippen molar-refractivity contribution in [2.45, 2.75) is 38.9 Å². The number of carbonyl (C=O) groups is 2. The van der Waals surface area contributed by atoms with E-state index in [-0.39, 0.29) is 30.9 Å². The highest BCUT2D eigenvalue weighted by Gasteiger charge is 2.56. The molecule has 0 saturated carbocycles. The molecule has 9 nitrogen and oxygen atoms in total. The summed E-state index contributed by atoms with van der Waals surface area (Å²) in [7, 11) is 3.40. The monoisotopic (exact) mass is 400 g/mol. The Morgan fingerprint density at radius 2 is 2.00 bits per heavy atom. The molecule has 29 heavy (non-hydrogen) atoms. The Morgan fingerprint density at radius 1 is 1.24 bits per heavy atom. The van der Waals surface area contributed by atoms with Crippen molar-refractivity contribution in [3.8, 4) is 0 Å². The zero-order valence-electron chi connectivity index (χ0n) is 17.3. The number of fused-ring (bicyclic) bond motifs is 3. The predicted octanol–water partition coefficient (Wildman–Crippen LogP) is 0.610. The fourth-order valence-electron chi connectivity index (χ4n) is 4.31. The molecule has 3 unspecified atom stereocenters. The molecule has 3 aliphatic heterocycles. The van der Waals surface area contributed by atoms with Gasteiger partial charge in [-0.2, -0.15) is 5.10 Å². The number of ether oxygens (including phenoxy) is 1. The SMILES string of the molecule is COCCN1N=C(C)CN2C3C(=O)N(Cc4ccccc4C)C(=O)N(C)C3NC12. The van der Waals surface area contributed by atoms with E-state index in [1.165, 1.54) is 4.90 Å². The van der Waals surface area contributed by atoms with E-state index in [0.29, 0.717) is 19.7 Å². The summed E-state index contributed by atoms with van der Waals surface area (Å²) < 4.78 is 5.20. The number of carbonyl (C=O) groups excluding carboxylic acids is 2. The average Bonchev–Trinajstić information content (AvgIpc) is 3.08. The second-order valence-electron chi connectivity index (χ2n) is 7.84. The third-order valence-corrected chi connectivity index (χ3v) is 5.87. The molecular formula is C20H28N6O3. The van der Waals surface area contributed by atoms with E-state index in [1.807, 2.05) is 43.1 Å². The van der Waals surface area contributed by atoms with Gasteiger partial charge in [-0.05, 0) is 25.0 Å². The Morgan fingerprint density at radius 3 is 2.72 bits per heavy atom. The first-order chi connectivity index (χ1) is 13.9. The fourth-order valence-corrected chi connectivity index (χ4v) is 4.31. The molecule has 3 atom stereocenters. The standard InChI is InChI=1S/C20H28N6O3/c1-13-7-5-6-8-15(13)12-25-18(27)16-17(23(3)20(25)28)21-19-24(16)11-14(2)22-26(19)9-10-29-4/h5-8,16-17,19,21H,9-12H2,1-4H3. The number of methoxy groups -OCH3 is 1. The normalized spacial score (nSPS) is 27.2. The molecule has 0 spiro atoms. The second-order valence-corrected chi connectivity index (χ2v) is 7.84. The summed E-state index contributed by atoms with van der Waals surface area (Å²) in [4.78, 5) is 31.6. The van der Waals surface area contributed by atoms with Crippen molar-refractivity contribution in [2.24, 2.45) is 5.10 Å². The highest BCUT2D eigenvalue weighted by molar-refractivity contribution is 6.01. The van der Waals surface area contributed by atoms with Crippen LogP contribution in [0.25, 0.3) is 0 Å². The molecule has 9 heteroatoms. The fraction of sp³-hybridized carbons (Fsp3) is 0.550. The number of nitrogens with one attached hydrogen (secondary N) is 1. The minimum atomic E-state index is -0.456. The lowest BCUT2D eigenvalue weighted by Gasteiger charge is -2.42. The molecule has 2 saturated heterocycles. The first-order valence-corrected chi connectivity index (χ1v) is 9.86. The highest BCUT2D eigenvalue weighted by Crippen LogP contribution is 2.31. The summed E-state index contributed by atoms with van der Waals surface area (Å²) in [5, 5.41) is 9.95. The van der Waals surface area contributed by atoms with Crippen LogP contribution in [0.1, 0.15) is 18.1 Å². The summed E-state index contributed by atoms with van der Waals surface area (Å²) in [6.45, 7) is 5.92. The van der Waals surface area contributed by atoms with Crippen molar-refractivity contribution >= 4 is 17.6 Å². The van der Waals surface area contributed by atoms with Crippen molar-refractivity contribution in [1.82, 2.24) is 25.0 Å². The molecule has 3 amide bonds. The van der Waals surface area contributed by atoms with Crippen LogP contribution in [0.5, 0.6) is 0 Å². The van der Waals surface area contributed by atoms with Gasteiger partial charge in [-0.3, -0.25) is 20.0 Å². The molecule has 0 bridgehead atoms. The number of likely N-dealkylation sites (N-methyl/N-ethyl adjacent to an activating group) is 1. The zero-order chi connectivity index (χ0) is 20.7. The summed E-state index contributed by atoms with van der Waals surface area (Å²) in [5.41, 5.74) is 2.96. The molecular weight excluding hydrogens is 372 g/mol. The minimum absolute atomic E-state index is 0.169. The maximum atomic E-state index is 13.5. The molecule has 0 aliphatic carbocycles. The third kappa shape index (κ3) is 3.39. The number of amides is 3. The van der Waals surface area contributed by atoms with Gasteiger partial charge >= 0.3 is 6.03 Å². The minimum Gasteiger partial charge on any atom is -0.383 e. The van der Waals surface area contributed by atoms with E-state index < -0.39 is 6.04 Å². The van der Waals surface area contributed by atoms with Crippen LogP contribution >= 0.6 is 0 Å². The van der Waals surface area contributed by atoms with E-state index >= 15 is 0 Å². The molecule has 156 valence electrons. The molecule has 3 heterocycles. The van der Waals surface area contributed by atoms with Crippen molar-refractivity contribution in [2.75, 3.05) is 33.9 Å². The van der Waals surface area contributed by atoms with Gasteiger partial charge in [-0.25, -0.2) is 9.69 Å². The van der Waals surface area contributed by atoms with Gasteiger partial charge in [0.1, 0.15) is 12.2 Å². The van der Waals surface area contributed by atoms with Gasteiger partial charge in [0.2, 0.25) is 0 Å². The number of nitrogens with zero attached hydrogens (tertiary/aromatic N) is 5. The summed E-state index contributed by atoms with van der Waals surface area (Å²) in [5.74, 6) is -0.169.